The Hall–Kier alpha value is -0.870. The summed E-state index contributed by atoms with van der Waals surface area (Å²) in [6, 6.07) is 0.379. The van der Waals surface area contributed by atoms with Crippen LogP contribution in [-0.2, 0) is 5.41 Å². The van der Waals surface area contributed by atoms with Crippen molar-refractivity contribution in [2.45, 2.75) is 32.2 Å². The molecule has 0 amide bonds. The summed E-state index contributed by atoms with van der Waals surface area (Å²) in [5.41, 5.74) is 1.35. The Bertz CT molecular complexity index is 350. The third kappa shape index (κ3) is 2.28. The molecule has 0 aromatic carbocycles. The van der Waals surface area contributed by atoms with Crippen LogP contribution in [-0.4, -0.2) is 41.5 Å². The lowest BCUT2D eigenvalue weighted by Gasteiger charge is -2.31. The molecular formula is C12H22N4. The van der Waals surface area contributed by atoms with Gasteiger partial charge in [0.1, 0.15) is 5.82 Å². The zero-order valence-corrected chi connectivity index (χ0v) is 10.7. The average Bonchev–Trinajstić information content (AvgIpc) is 2.66. The van der Waals surface area contributed by atoms with Crippen molar-refractivity contribution >= 4 is 0 Å². The summed E-state index contributed by atoms with van der Waals surface area (Å²) in [4.78, 5) is 10.3. The Balaban J connectivity index is 2.18. The highest BCUT2D eigenvalue weighted by atomic mass is 15.2. The molecule has 2 N–H and O–H groups in total. The van der Waals surface area contributed by atoms with Crippen molar-refractivity contribution in [2.75, 3.05) is 26.7 Å². The van der Waals surface area contributed by atoms with E-state index < -0.39 is 0 Å². The van der Waals surface area contributed by atoms with Crippen molar-refractivity contribution in [1.29, 1.82) is 0 Å². The van der Waals surface area contributed by atoms with Gasteiger partial charge in [0, 0.05) is 36.9 Å². The van der Waals surface area contributed by atoms with Crippen LogP contribution in [0.5, 0.6) is 0 Å². The van der Waals surface area contributed by atoms with Gasteiger partial charge in [-0.05, 0) is 7.05 Å². The first-order chi connectivity index (χ1) is 7.48. The summed E-state index contributed by atoms with van der Waals surface area (Å²) in [6.45, 7) is 9.73. The molecule has 1 fully saturated rings. The molecule has 1 aliphatic heterocycles. The van der Waals surface area contributed by atoms with Crippen molar-refractivity contribution in [3.05, 3.63) is 17.7 Å². The second-order valence-corrected chi connectivity index (χ2v) is 5.63. The molecule has 1 aromatic heterocycles. The maximum Gasteiger partial charge on any atom is 0.124 e. The number of H-pyrrole nitrogens is 1. The Morgan fingerprint density at radius 1 is 1.44 bits per heavy atom. The second kappa shape index (κ2) is 4.18. The summed E-state index contributed by atoms with van der Waals surface area (Å²) < 4.78 is 0. The number of nitrogens with one attached hydrogen (secondary N) is 2. The number of nitrogens with zero attached hydrogens (tertiary/aromatic N) is 2. The molecule has 1 unspecified atom stereocenters. The fourth-order valence-electron chi connectivity index (χ4n) is 2.00. The van der Waals surface area contributed by atoms with Crippen LogP contribution in [0.2, 0.25) is 0 Å². The third-order valence-corrected chi connectivity index (χ3v) is 3.23. The van der Waals surface area contributed by atoms with Crippen LogP contribution in [0.15, 0.2) is 6.20 Å². The summed E-state index contributed by atoms with van der Waals surface area (Å²) in [5, 5.41) is 3.41. The van der Waals surface area contributed by atoms with Gasteiger partial charge in [0.25, 0.3) is 0 Å². The Morgan fingerprint density at radius 3 is 2.75 bits per heavy atom. The highest BCUT2D eigenvalue weighted by molar-refractivity contribution is 5.13. The molecule has 4 nitrogen and oxygen atoms in total. The number of aromatic nitrogens is 2. The van der Waals surface area contributed by atoms with Crippen molar-refractivity contribution in [3.8, 4) is 0 Å². The van der Waals surface area contributed by atoms with Gasteiger partial charge in [-0.25, -0.2) is 4.98 Å². The van der Waals surface area contributed by atoms with Crippen molar-refractivity contribution < 1.29 is 0 Å². The zero-order chi connectivity index (χ0) is 11.8. The number of likely N-dealkylation sites (N-methyl/N-ethyl adjacent to an activating group) is 1. The van der Waals surface area contributed by atoms with Crippen LogP contribution >= 0.6 is 0 Å². The molecule has 90 valence electrons. The summed E-state index contributed by atoms with van der Waals surface area (Å²) in [7, 11) is 2.16. The van der Waals surface area contributed by atoms with Gasteiger partial charge in [-0.3, -0.25) is 4.90 Å². The van der Waals surface area contributed by atoms with Crippen LogP contribution in [0, 0.1) is 0 Å². The van der Waals surface area contributed by atoms with Crippen molar-refractivity contribution in [3.63, 3.8) is 0 Å². The molecule has 2 heterocycles. The van der Waals surface area contributed by atoms with Gasteiger partial charge in [0.15, 0.2) is 0 Å². The van der Waals surface area contributed by atoms with Crippen LogP contribution in [0.25, 0.3) is 0 Å². The van der Waals surface area contributed by atoms with Gasteiger partial charge in [-0.2, -0.15) is 0 Å². The molecular weight excluding hydrogens is 200 g/mol. The fourth-order valence-corrected chi connectivity index (χ4v) is 2.00. The smallest absolute Gasteiger partial charge is 0.124 e. The van der Waals surface area contributed by atoms with Gasteiger partial charge >= 0.3 is 0 Å². The van der Waals surface area contributed by atoms with E-state index >= 15 is 0 Å². The Morgan fingerprint density at radius 2 is 2.19 bits per heavy atom. The van der Waals surface area contributed by atoms with Gasteiger partial charge < -0.3 is 10.3 Å². The SMILES string of the molecule is CN1CCNCC1c1ncc(C(C)(C)C)[nH]1. The van der Waals surface area contributed by atoms with Gasteiger partial charge in [-0.1, -0.05) is 20.8 Å². The second-order valence-electron chi connectivity index (χ2n) is 5.63. The largest absolute Gasteiger partial charge is 0.344 e. The molecule has 2 rings (SSSR count). The van der Waals surface area contributed by atoms with E-state index in [-0.39, 0.29) is 5.41 Å². The fraction of sp³-hybridized carbons (Fsp3) is 0.750. The molecule has 0 spiro atoms. The lowest BCUT2D eigenvalue weighted by atomic mass is 9.93. The normalized spacial score (nSPS) is 23.6. The lowest BCUT2D eigenvalue weighted by molar-refractivity contribution is 0.195. The van der Waals surface area contributed by atoms with E-state index in [0.29, 0.717) is 6.04 Å². The maximum atomic E-state index is 4.52. The molecule has 0 radical (unpaired) electrons. The average molecular weight is 222 g/mol. The summed E-state index contributed by atoms with van der Waals surface area (Å²) in [6.07, 6.45) is 1.97. The van der Waals surface area contributed by atoms with Crippen LogP contribution in [0.3, 0.4) is 0 Å². The van der Waals surface area contributed by atoms with E-state index in [2.05, 4.69) is 48.0 Å². The van der Waals surface area contributed by atoms with E-state index in [9.17, 15) is 0 Å². The topological polar surface area (TPSA) is 44.0 Å². The minimum atomic E-state index is 0.145. The monoisotopic (exact) mass is 222 g/mol. The molecule has 0 aliphatic carbocycles. The molecule has 16 heavy (non-hydrogen) atoms. The maximum absolute atomic E-state index is 4.52. The number of piperazine rings is 1. The van der Waals surface area contributed by atoms with E-state index in [1.54, 1.807) is 0 Å². The first-order valence-corrected chi connectivity index (χ1v) is 5.95. The summed E-state index contributed by atoms with van der Waals surface area (Å²) >= 11 is 0. The number of imidazole rings is 1. The molecule has 4 heteroatoms. The third-order valence-electron chi connectivity index (χ3n) is 3.23. The van der Waals surface area contributed by atoms with Gasteiger partial charge in [-0.15, -0.1) is 0 Å². The molecule has 1 atom stereocenters. The number of hydrogen-bond donors (Lipinski definition) is 2. The predicted molar refractivity (Wildman–Crippen MR) is 65.5 cm³/mol. The molecule has 1 aliphatic rings. The van der Waals surface area contributed by atoms with Gasteiger partial charge in [0.2, 0.25) is 0 Å². The highest BCUT2D eigenvalue weighted by Crippen LogP contribution is 2.23. The molecule has 1 aromatic rings. The quantitative estimate of drug-likeness (QED) is 0.752. The first kappa shape index (κ1) is 11.6. The van der Waals surface area contributed by atoms with E-state index in [1.165, 1.54) is 5.69 Å². The van der Waals surface area contributed by atoms with Crippen LogP contribution in [0.4, 0.5) is 0 Å². The number of rotatable bonds is 1. The lowest BCUT2D eigenvalue weighted by Crippen LogP contribution is -2.44. The molecule has 0 bridgehead atoms. The highest BCUT2D eigenvalue weighted by Gasteiger charge is 2.25. The predicted octanol–water partition coefficient (Wildman–Crippen LogP) is 1.28. The number of hydrogen-bond acceptors (Lipinski definition) is 3. The van der Waals surface area contributed by atoms with E-state index in [1.807, 2.05) is 6.20 Å². The molecule has 0 saturated carbocycles. The van der Waals surface area contributed by atoms with Crippen LogP contribution in [0.1, 0.15) is 38.3 Å². The minimum absolute atomic E-state index is 0.145. The van der Waals surface area contributed by atoms with Crippen molar-refractivity contribution in [1.82, 2.24) is 20.2 Å². The summed E-state index contributed by atoms with van der Waals surface area (Å²) in [5.74, 6) is 1.08. The minimum Gasteiger partial charge on any atom is -0.344 e. The van der Waals surface area contributed by atoms with Crippen molar-refractivity contribution in [2.24, 2.45) is 0 Å². The van der Waals surface area contributed by atoms with E-state index in [4.69, 9.17) is 0 Å². The van der Waals surface area contributed by atoms with Gasteiger partial charge in [0.05, 0.1) is 6.04 Å². The molecule has 1 saturated heterocycles. The number of aromatic amines is 1. The zero-order valence-electron chi connectivity index (χ0n) is 10.7. The standard InChI is InChI=1S/C12H22N4/c1-12(2,3)10-8-14-11(15-10)9-7-13-5-6-16(9)4/h8-9,13H,5-7H2,1-4H3,(H,14,15). The van der Waals surface area contributed by atoms with Crippen LogP contribution < -0.4 is 5.32 Å². The van der Waals surface area contributed by atoms with E-state index in [0.717, 1.165) is 25.5 Å². The Kier molecular flexibility index (Phi) is 3.04. The first-order valence-electron chi connectivity index (χ1n) is 5.95. The Labute approximate surface area is 97.4 Å².